The molecule has 25 heavy (non-hydrogen) atoms. The number of benzene rings is 2. The van der Waals surface area contributed by atoms with E-state index in [0.717, 1.165) is 35.3 Å². The van der Waals surface area contributed by atoms with Crippen LogP contribution in [-0.2, 0) is 6.54 Å². The lowest BCUT2D eigenvalue weighted by molar-refractivity contribution is 0.0627. The molecule has 0 unspecified atom stereocenters. The van der Waals surface area contributed by atoms with Gasteiger partial charge in [-0.2, -0.15) is 0 Å². The Morgan fingerprint density at radius 1 is 1.00 bits per heavy atom. The van der Waals surface area contributed by atoms with Crippen molar-refractivity contribution in [1.82, 2.24) is 9.80 Å². The van der Waals surface area contributed by atoms with Gasteiger partial charge in [-0.3, -0.25) is 9.69 Å². The minimum absolute atomic E-state index is 0.122. The number of aryl methyl sites for hydroxylation is 2. The van der Waals surface area contributed by atoms with Crippen molar-refractivity contribution >= 4 is 29.1 Å². The van der Waals surface area contributed by atoms with Crippen molar-refractivity contribution < 1.29 is 4.79 Å². The van der Waals surface area contributed by atoms with Gasteiger partial charge in [0.25, 0.3) is 5.91 Å². The summed E-state index contributed by atoms with van der Waals surface area (Å²) >= 11 is 12.5. The number of carbonyl (C=O) groups excluding carboxylic acids is 1. The zero-order chi connectivity index (χ0) is 18.0. The molecule has 0 radical (unpaired) electrons. The summed E-state index contributed by atoms with van der Waals surface area (Å²) in [5.74, 6) is 0.122. The molecule has 5 heteroatoms. The molecule has 0 N–H and O–H groups in total. The van der Waals surface area contributed by atoms with Crippen LogP contribution in [-0.4, -0.2) is 41.9 Å². The van der Waals surface area contributed by atoms with Gasteiger partial charge in [0.15, 0.2) is 0 Å². The lowest BCUT2D eigenvalue weighted by atomic mass is 10.0. The molecule has 132 valence electrons. The molecule has 1 fully saturated rings. The summed E-state index contributed by atoms with van der Waals surface area (Å²) in [5, 5.41) is 1.39. The number of halogens is 2. The number of carbonyl (C=O) groups is 1. The molecule has 1 aliphatic rings. The first-order valence-corrected chi connectivity index (χ1v) is 9.23. The summed E-state index contributed by atoms with van der Waals surface area (Å²) in [6, 6.07) is 11.6. The van der Waals surface area contributed by atoms with E-state index in [1.165, 1.54) is 0 Å². The van der Waals surface area contributed by atoms with Crippen LogP contribution in [0.15, 0.2) is 36.4 Å². The molecule has 2 aromatic rings. The van der Waals surface area contributed by atoms with Crippen molar-refractivity contribution in [2.75, 3.05) is 26.2 Å². The van der Waals surface area contributed by atoms with Crippen LogP contribution < -0.4 is 0 Å². The van der Waals surface area contributed by atoms with E-state index in [1.807, 2.05) is 55.1 Å². The summed E-state index contributed by atoms with van der Waals surface area (Å²) in [6.45, 7) is 7.78. The van der Waals surface area contributed by atoms with E-state index in [0.29, 0.717) is 29.7 Å². The largest absolute Gasteiger partial charge is 0.336 e. The van der Waals surface area contributed by atoms with E-state index in [9.17, 15) is 4.79 Å². The SMILES string of the molecule is Cc1ccc(C)c(C(=O)N2CCN(Cc3c(Cl)cccc3Cl)CC2)c1. The molecule has 0 aromatic heterocycles. The average Bonchev–Trinajstić information content (AvgIpc) is 2.60. The van der Waals surface area contributed by atoms with Gasteiger partial charge in [0.1, 0.15) is 0 Å². The predicted molar refractivity (Wildman–Crippen MR) is 104 cm³/mol. The van der Waals surface area contributed by atoms with Crippen LogP contribution in [0.25, 0.3) is 0 Å². The Kier molecular flexibility index (Phi) is 5.67. The van der Waals surface area contributed by atoms with Gasteiger partial charge >= 0.3 is 0 Å². The Labute approximate surface area is 159 Å². The number of nitrogens with zero attached hydrogens (tertiary/aromatic N) is 2. The third-order valence-electron chi connectivity index (χ3n) is 4.73. The molecule has 0 aliphatic carbocycles. The van der Waals surface area contributed by atoms with Crippen LogP contribution in [0, 0.1) is 13.8 Å². The van der Waals surface area contributed by atoms with Gasteiger partial charge in [0, 0.05) is 53.9 Å². The first kappa shape index (κ1) is 18.2. The number of rotatable bonds is 3. The number of piperazine rings is 1. The highest BCUT2D eigenvalue weighted by Crippen LogP contribution is 2.26. The standard InChI is InChI=1S/C20H22Cl2N2O/c1-14-6-7-15(2)16(12-14)20(25)24-10-8-23(9-11-24)13-17-18(21)4-3-5-19(17)22/h3-7,12H,8-11,13H2,1-2H3. The monoisotopic (exact) mass is 376 g/mol. The zero-order valence-corrected chi connectivity index (χ0v) is 16.1. The second-order valence-corrected chi connectivity index (χ2v) is 7.40. The molecule has 0 saturated carbocycles. The van der Waals surface area contributed by atoms with Crippen molar-refractivity contribution in [3.8, 4) is 0 Å². The summed E-state index contributed by atoms with van der Waals surface area (Å²) in [7, 11) is 0. The van der Waals surface area contributed by atoms with E-state index >= 15 is 0 Å². The lowest BCUT2D eigenvalue weighted by Crippen LogP contribution is -2.48. The lowest BCUT2D eigenvalue weighted by Gasteiger charge is -2.35. The minimum Gasteiger partial charge on any atom is -0.336 e. The summed E-state index contributed by atoms with van der Waals surface area (Å²) < 4.78 is 0. The molecule has 0 atom stereocenters. The number of amides is 1. The third kappa shape index (κ3) is 4.17. The van der Waals surface area contributed by atoms with E-state index in [1.54, 1.807) is 0 Å². The van der Waals surface area contributed by atoms with Crippen LogP contribution in [0.3, 0.4) is 0 Å². The maximum absolute atomic E-state index is 12.8. The smallest absolute Gasteiger partial charge is 0.254 e. The second kappa shape index (κ2) is 7.77. The van der Waals surface area contributed by atoms with Crippen molar-refractivity contribution in [3.63, 3.8) is 0 Å². The maximum Gasteiger partial charge on any atom is 0.254 e. The fourth-order valence-electron chi connectivity index (χ4n) is 3.15. The average molecular weight is 377 g/mol. The van der Waals surface area contributed by atoms with Gasteiger partial charge in [-0.25, -0.2) is 0 Å². The molecule has 1 aliphatic heterocycles. The van der Waals surface area contributed by atoms with Gasteiger partial charge in [0.2, 0.25) is 0 Å². The topological polar surface area (TPSA) is 23.6 Å². The summed E-state index contributed by atoms with van der Waals surface area (Å²) in [4.78, 5) is 17.0. The first-order valence-electron chi connectivity index (χ1n) is 8.47. The fourth-order valence-corrected chi connectivity index (χ4v) is 3.67. The Balaban J connectivity index is 1.64. The highest BCUT2D eigenvalue weighted by Gasteiger charge is 2.24. The Morgan fingerprint density at radius 2 is 1.64 bits per heavy atom. The van der Waals surface area contributed by atoms with Crippen molar-refractivity contribution in [2.45, 2.75) is 20.4 Å². The predicted octanol–water partition coefficient (Wildman–Crippen LogP) is 4.57. The normalized spacial score (nSPS) is 15.4. The molecule has 3 nitrogen and oxygen atoms in total. The maximum atomic E-state index is 12.8. The van der Waals surface area contributed by atoms with Crippen LogP contribution in [0.5, 0.6) is 0 Å². The van der Waals surface area contributed by atoms with Gasteiger partial charge in [-0.1, -0.05) is 47.0 Å². The molecule has 1 saturated heterocycles. The van der Waals surface area contributed by atoms with Crippen molar-refractivity contribution in [2.24, 2.45) is 0 Å². The zero-order valence-electron chi connectivity index (χ0n) is 14.6. The molecule has 0 bridgehead atoms. The van der Waals surface area contributed by atoms with Gasteiger partial charge < -0.3 is 4.90 Å². The molecule has 1 heterocycles. The molecule has 0 spiro atoms. The van der Waals surface area contributed by atoms with E-state index in [2.05, 4.69) is 4.90 Å². The van der Waals surface area contributed by atoms with Gasteiger partial charge in [-0.05, 0) is 37.6 Å². The summed E-state index contributed by atoms with van der Waals surface area (Å²) in [5.41, 5.74) is 3.91. The molecular weight excluding hydrogens is 355 g/mol. The minimum atomic E-state index is 0.122. The van der Waals surface area contributed by atoms with Crippen LogP contribution in [0.4, 0.5) is 0 Å². The quantitative estimate of drug-likeness (QED) is 0.783. The number of hydrogen-bond donors (Lipinski definition) is 0. The fraction of sp³-hybridized carbons (Fsp3) is 0.350. The number of hydrogen-bond acceptors (Lipinski definition) is 2. The van der Waals surface area contributed by atoms with Crippen LogP contribution in [0.1, 0.15) is 27.0 Å². The molecule has 3 rings (SSSR count). The Bertz CT molecular complexity index is 763. The van der Waals surface area contributed by atoms with Gasteiger partial charge in [0.05, 0.1) is 0 Å². The van der Waals surface area contributed by atoms with E-state index < -0.39 is 0 Å². The highest BCUT2D eigenvalue weighted by atomic mass is 35.5. The molecule has 2 aromatic carbocycles. The molecule has 1 amide bonds. The first-order chi connectivity index (χ1) is 12.0. The Morgan fingerprint density at radius 3 is 2.28 bits per heavy atom. The second-order valence-electron chi connectivity index (χ2n) is 6.59. The van der Waals surface area contributed by atoms with E-state index in [-0.39, 0.29) is 5.91 Å². The van der Waals surface area contributed by atoms with E-state index in [4.69, 9.17) is 23.2 Å². The summed E-state index contributed by atoms with van der Waals surface area (Å²) in [6.07, 6.45) is 0. The van der Waals surface area contributed by atoms with Crippen LogP contribution in [0.2, 0.25) is 10.0 Å². The Hall–Kier alpha value is -1.55. The van der Waals surface area contributed by atoms with Gasteiger partial charge in [-0.15, -0.1) is 0 Å². The molecular formula is C20H22Cl2N2O. The third-order valence-corrected chi connectivity index (χ3v) is 5.43. The van der Waals surface area contributed by atoms with Crippen molar-refractivity contribution in [1.29, 1.82) is 0 Å². The highest BCUT2D eigenvalue weighted by molar-refractivity contribution is 6.35. The van der Waals surface area contributed by atoms with Crippen molar-refractivity contribution in [3.05, 3.63) is 68.7 Å². The van der Waals surface area contributed by atoms with Crippen LogP contribution >= 0.6 is 23.2 Å².